The van der Waals surface area contributed by atoms with Crippen molar-refractivity contribution in [2.24, 2.45) is 0 Å². The third-order valence-electron chi connectivity index (χ3n) is 3.03. The van der Waals surface area contributed by atoms with Gasteiger partial charge in [0.15, 0.2) is 0 Å². The summed E-state index contributed by atoms with van der Waals surface area (Å²) in [4.78, 5) is 19.1. The van der Waals surface area contributed by atoms with Crippen LogP contribution in [0.5, 0.6) is 0 Å². The van der Waals surface area contributed by atoms with Crippen molar-refractivity contribution in [3.63, 3.8) is 0 Å². The van der Waals surface area contributed by atoms with Gasteiger partial charge in [-0.2, -0.15) is 13.2 Å². The third kappa shape index (κ3) is 4.34. The van der Waals surface area contributed by atoms with Gasteiger partial charge in [-0.1, -0.05) is 36.9 Å². The van der Waals surface area contributed by atoms with Crippen LogP contribution in [-0.2, 0) is 11.0 Å². The molecule has 2 aromatic rings. The van der Waals surface area contributed by atoms with Crippen molar-refractivity contribution in [3.05, 3.63) is 30.1 Å². The number of halogens is 3. The Morgan fingerprint density at radius 3 is 2.65 bits per heavy atom. The second-order valence-electron chi connectivity index (χ2n) is 4.92. The van der Waals surface area contributed by atoms with Gasteiger partial charge in [-0.3, -0.25) is 4.79 Å². The van der Waals surface area contributed by atoms with Crippen molar-refractivity contribution < 1.29 is 18.0 Å². The molecule has 0 fully saturated rings. The topological polar surface area (TPSA) is 54.9 Å². The highest BCUT2D eigenvalue weighted by atomic mass is 32.2. The number of rotatable bonds is 5. The second kappa shape index (κ2) is 7.16. The fraction of sp³-hybridized carbons (Fsp3) is 0.400. The normalized spacial score (nSPS) is 13.1. The molecule has 0 saturated heterocycles. The summed E-state index contributed by atoms with van der Waals surface area (Å²) in [7, 11) is 0. The monoisotopic (exact) mass is 343 g/mol. The van der Waals surface area contributed by atoms with E-state index in [9.17, 15) is 18.0 Å². The van der Waals surface area contributed by atoms with E-state index < -0.39 is 17.3 Å². The van der Waals surface area contributed by atoms with Crippen LogP contribution in [0.3, 0.4) is 0 Å². The maximum atomic E-state index is 12.9. The summed E-state index contributed by atoms with van der Waals surface area (Å²) in [5.41, 5.74) is 0.207. The van der Waals surface area contributed by atoms with Crippen LogP contribution in [0.1, 0.15) is 26.1 Å². The number of alkyl halides is 3. The lowest BCUT2D eigenvalue weighted by Gasteiger charge is -2.14. The Balaban J connectivity index is 2.36. The molecule has 1 atom stereocenters. The van der Waals surface area contributed by atoms with Crippen LogP contribution in [0.25, 0.3) is 10.9 Å². The molecule has 1 amide bonds. The molecule has 0 aliphatic heterocycles. The molecule has 23 heavy (non-hydrogen) atoms. The molecule has 0 spiro atoms. The summed E-state index contributed by atoms with van der Waals surface area (Å²) in [6, 6.07) is 6.46. The van der Waals surface area contributed by atoms with Gasteiger partial charge in [0, 0.05) is 11.9 Å². The van der Waals surface area contributed by atoms with E-state index in [1.807, 2.05) is 6.92 Å². The van der Waals surface area contributed by atoms with Gasteiger partial charge < -0.3 is 5.32 Å². The Morgan fingerprint density at radius 1 is 1.30 bits per heavy atom. The fourth-order valence-electron chi connectivity index (χ4n) is 1.88. The largest absolute Gasteiger partial charge is 0.451 e. The molecule has 0 radical (unpaired) electrons. The zero-order valence-electron chi connectivity index (χ0n) is 12.6. The molecule has 4 nitrogen and oxygen atoms in total. The Hall–Kier alpha value is -1.83. The lowest BCUT2D eigenvalue weighted by Crippen LogP contribution is -2.31. The van der Waals surface area contributed by atoms with Crippen molar-refractivity contribution in [2.75, 3.05) is 6.54 Å². The number of hydrogen-bond acceptors (Lipinski definition) is 4. The number of thioether (sulfide) groups is 1. The Bertz CT molecular complexity index is 706. The average molecular weight is 343 g/mol. The van der Waals surface area contributed by atoms with Crippen LogP contribution < -0.4 is 5.32 Å². The summed E-state index contributed by atoms with van der Waals surface area (Å²) in [6.07, 6.45) is -3.84. The van der Waals surface area contributed by atoms with E-state index in [0.717, 1.165) is 18.2 Å². The predicted molar refractivity (Wildman–Crippen MR) is 83.2 cm³/mol. The Kier molecular flexibility index (Phi) is 5.46. The summed E-state index contributed by atoms with van der Waals surface area (Å²) in [5, 5.41) is 2.82. The molecule has 2 rings (SSSR count). The molecule has 1 aromatic heterocycles. The van der Waals surface area contributed by atoms with Crippen LogP contribution >= 0.6 is 11.8 Å². The lowest BCUT2D eigenvalue weighted by atomic mass is 10.2. The number of nitrogens with zero attached hydrogens (tertiary/aromatic N) is 2. The molecule has 0 aliphatic rings. The third-order valence-corrected chi connectivity index (χ3v) is 4.13. The smallest absolute Gasteiger partial charge is 0.355 e. The van der Waals surface area contributed by atoms with Gasteiger partial charge in [0.25, 0.3) is 0 Å². The van der Waals surface area contributed by atoms with E-state index in [2.05, 4.69) is 15.3 Å². The van der Waals surface area contributed by atoms with Crippen LogP contribution in [0.2, 0.25) is 0 Å². The number of nitrogens with one attached hydrogen (secondary N) is 1. The van der Waals surface area contributed by atoms with Gasteiger partial charge in [0.2, 0.25) is 11.7 Å². The first-order valence-electron chi connectivity index (χ1n) is 7.11. The first-order valence-corrected chi connectivity index (χ1v) is 7.99. The number of para-hydroxylation sites is 1. The number of carbonyl (C=O) groups excluding carboxylic acids is 1. The van der Waals surface area contributed by atoms with Crippen molar-refractivity contribution in [1.82, 2.24) is 15.3 Å². The van der Waals surface area contributed by atoms with Gasteiger partial charge in [-0.05, 0) is 19.4 Å². The van der Waals surface area contributed by atoms with E-state index in [1.165, 1.54) is 6.07 Å². The minimum atomic E-state index is -4.63. The van der Waals surface area contributed by atoms with Gasteiger partial charge in [-0.15, -0.1) is 0 Å². The first kappa shape index (κ1) is 17.5. The van der Waals surface area contributed by atoms with E-state index in [1.54, 1.807) is 25.1 Å². The highest BCUT2D eigenvalue weighted by molar-refractivity contribution is 8.00. The molecule has 0 aliphatic carbocycles. The van der Waals surface area contributed by atoms with Crippen molar-refractivity contribution in [3.8, 4) is 0 Å². The SMILES string of the molecule is CCCNC(=O)[C@@H](C)Sc1nc(C(F)(F)F)nc2ccccc12. The lowest BCUT2D eigenvalue weighted by molar-refractivity contribution is -0.145. The number of amides is 1. The molecule has 1 aromatic carbocycles. The second-order valence-corrected chi connectivity index (χ2v) is 6.25. The van der Waals surface area contributed by atoms with Gasteiger partial charge in [0.05, 0.1) is 10.8 Å². The molecule has 0 bridgehead atoms. The van der Waals surface area contributed by atoms with Gasteiger partial charge in [-0.25, -0.2) is 9.97 Å². The number of carbonyl (C=O) groups is 1. The van der Waals surface area contributed by atoms with Crippen molar-refractivity contribution in [2.45, 2.75) is 36.7 Å². The molecule has 0 saturated carbocycles. The highest BCUT2D eigenvalue weighted by Gasteiger charge is 2.35. The summed E-state index contributed by atoms with van der Waals surface area (Å²) in [5.74, 6) is -1.42. The predicted octanol–water partition coefficient (Wildman–Crippen LogP) is 3.66. The Morgan fingerprint density at radius 2 is 2.00 bits per heavy atom. The minimum absolute atomic E-state index is 0.155. The number of fused-ring (bicyclic) bond motifs is 1. The molecule has 124 valence electrons. The highest BCUT2D eigenvalue weighted by Crippen LogP contribution is 2.33. The number of hydrogen-bond donors (Lipinski definition) is 1. The average Bonchev–Trinajstić information content (AvgIpc) is 2.51. The number of aromatic nitrogens is 2. The summed E-state index contributed by atoms with van der Waals surface area (Å²) in [6.45, 7) is 4.09. The van der Waals surface area contributed by atoms with Crippen molar-refractivity contribution in [1.29, 1.82) is 0 Å². The molecule has 0 unspecified atom stereocenters. The molecule has 8 heteroatoms. The minimum Gasteiger partial charge on any atom is -0.355 e. The maximum Gasteiger partial charge on any atom is 0.451 e. The standard InChI is InChI=1S/C15H16F3N3OS/c1-3-8-19-12(22)9(2)23-13-10-6-4-5-7-11(10)20-14(21-13)15(16,17)18/h4-7,9H,3,8H2,1-2H3,(H,19,22)/t9-/m1/s1. The molecular weight excluding hydrogens is 327 g/mol. The van der Waals surface area contributed by atoms with E-state index in [4.69, 9.17) is 0 Å². The maximum absolute atomic E-state index is 12.9. The van der Waals surface area contributed by atoms with Crippen LogP contribution in [0, 0.1) is 0 Å². The summed E-state index contributed by atoms with van der Waals surface area (Å²) >= 11 is 0.999. The van der Waals surface area contributed by atoms with E-state index in [-0.39, 0.29) is 16.4 Å². The summed E-state index contributed by atoms with van der Waals surface area (Å²) < 4.78 is 38.8. The molecule has 1 heterocycles. The van der Waals surface area contributed by atoms with E-state index in [0.29, 0.717) is 11.9 Å². The van der Waals surface area contributed by atoms with Crippen molar-refractivity contribution >= 4 is 28.6 Å². The zero-order chi connectivity index (χ0) is 17.0. The quantitative estimate of drug-likeness (QED) is 0.665. The van der Waals surface area contributed by atoms with Gasteiger partial charge >= 0.3 is 6.18 Å². The van der Waals surface area contributed by atoms with Gasteiger partial charge in [0.1, 0.15) is 5.03 Å². The van der Waals surface area contributed by atoms with Crippen LogP contribution in [0.15, 0.2) is 29.3 Å². The number of benzene rings is 1. The zero-order valence-corrected chi connectivity index (χ0v) is 13.5. The van der Waals surface area contributed by atoms with Crippen LogP contribution in [-0.4, -0.2) is 27.7 Å². The Labute approximate surface area is 135 Å². The fourth-order valence-corrected chi connectivity index (χ4v) is 2.84. The van der Waals surface area contributed by atoms with E-state index >= 15 is 0 Å². The van der Waals surface area contributed by atoms with Crippen LogP contribution in [0.4, 0.5) is 13.2 Å². The first-order chi connectivity index (χ1) is 10.8. The molecular formula is C15H16F3N3OS. The molecule has 1 N–H and O–H groups in total.